The molecule has 11 nitrogen and oxygen atoms in total. The van der Waals surface area contributed by atoms with Crippen LogP contribution in [0.1, 0.15) is 25.6 Å². The fourth-order valence-corrected chi connectivity index (χ4v) is 4.62. The lowest BCUT2D eigenvalue weighted by Gasteiger charge is -2.25. The van der Waals surface area contributed by atoms with Crippen molar-refractivity contribution in [3.05, 3.63) is 32.6 Å². The van der Waals surface area contributed by atoms with Crippen LogP contribution in [0.4, 0.5) is 0 Å². The summed E-state index contributed by atoms with van der Waals surface area (Å²) in [7, 11) is -3.63. The number of hydrogen-bond donors (Lipinski definition) is 4. The van der Waals surface area contributed by atoms with Crippen LogP contribution in [0, 0.1) is 6.92 Å². The predicted octanol–water partition coefficient (Wildman–Crippen LogP) is -0.909. The zero-order valence-corrected chi connectivity index (χ0v) is 16.2. The van der Waals surface area contributed by atoms with Crippen LogP contribution in [0.2, 0.25) is 0 Å². The van der Waals surface area contributed by atoms with Gasteiger partial charge in [-0.2, -0.15) is 0 Å². The Kier molecular flexibility index (Phi) is 7.14. The maximum absolute atomic E-state index is 12.6. The highest BCUT2D eigenvalue weighted by molar-refractivity contribution is 7.53. The molecule has 5 atom stereocenters. The highest BCUT2D eigenvalue weighted by atomic mass is 31.2. The summed E-state index contributed by atoms with van der Waals surface area (Å²) in [4.78, 5) is 25.5. The van der Waals surface area contributed by atoms with Crippen LogP contribution < -0.4 is 11.2 Å². The first-order chi connectivity index (χ1) is 12.6. The third kappa shape index (κ3) is 4.75. The van der Waals surface area contributed by atoms with Crippen molar-refractivity contribution in [3.63, 3.8) is 0 Å². The number of nitrogens with one attached hydrogen (secondary N) is 1. The van der Waals surface area contributed by atoms with Crippen molar-refractivity contribution in [2.75, 3.05) is 19.4 Å². The second-order valence-electron chi connectivity index (χ2n) is 6.15. The standard InChI is InChI=1S/C15H25N2O9P/c1-4-24-27(23,25-5-2)7-9(18)12-10(19)11(20)14(26-12)17-6-8(3)13(21)16-15(17)22/h6,9-12,14,18-20H,4-5,7H2,1-3H3,(H,16,21,22)/t9-,10+,11-,12-,14-/m1/s1. The van der Waals surface area contributed by atoms with Gasteiger partial charge in [0.05, 0.1) is 25.5 Å². The van der Waals surface area contributed by atoms with Gasteiger partial charge in [-0.1, -0.05) is 0 Å². The Hall–Kier alpha value is -1.33. The number of H-pyrrole nitrogens is 1. The second kappa shape index (κ2) is 8.78. The summed E-state index contributed by atoms with van der Waals surface area (Å²) in [6.45, 7) is 4.87. The number of hydrogen-bond acceptors (Lipinski definition) is 9. The Bertz CT molecular complexity index is 797. The number of ether oxygens (including phenoxy) is 1. The fourth-order valence-electron chi connectivity index (χ4n) is 2.88. The minimum Gasteiger partial charge on any atom is -0.390 e. The highest BCUT2D eigenvalue weighted by Gasteiger charge is 2.48. The van der Waals surface area contributed by atoms with Gasteiger partial charge in [-0.25, -0.2) is 4.79 Å². The van der Waals surface area contributed by atoms with E-state index in [1.54, 1.807) is 13.8 Å². The van der Waals surface area contributed by atoms with Crippen LogP contribution in [0.15, 0.2) is 15.8 Å². The molecule has 1 aliphatic rings. The molecule has 0 amide bonds. The molecule has 1 aliphatic heterocycles. The monoisotopic (exact) mass is 408 g/mol. The first-order valence-electron chi connectivity index (χ1n) is 8.53. The summed E-state index contributed by atoms with van der Waals surface area (Å²) in [5, 5.41) is 30.9. The Labute approximate surface area is 155 Å². The zero-order valence-electron chi connectivity index (χ0n) is 15.3. The average Bonchev–Trinajstić information content (AvgIpc) is 2.87. The van der Waals surface area contributed by atoms with Crippen molar-refractivity contribution in [3.8, 4) is 0 Å². The van der Waals surface area contributed by atoms with Gasteiger partial charge in [0, 0.05) is 11.8 Å². The molecule has 1 aromatic rings. The van der Waals surface area contributed by atoms with Crippen molar-refractivity contribution in [2.45, 2.75) is 51.4 Å². The third-order valence-electron chi connectivity index (χ3n) is 4.14. The number of nitrogens with zero attached hydrogens (tertiary/aromatic N) is 1. The van der Waals surface area contributed by atoms with E-state index in [9.17, 15) is 29.5 Å². The summed E-state index contributed by atoms with van der Waals surface area (Å²) >= 11 is 0. The van der Waals surface area contributed by atoms with Crippen LogP contribution in [-0.4, -0.2) is 68.7 Å². The lowest BCUT2D eigenvalue weighted by molar-refractivity contribution is -0.0806. The molecule has 0 aliphatic carbocycles. The van der Waals surface area contributed by atoms with Gasteiger partial charge in [-0.15, -0.1) is 0 Å². The van der Waals surface area contributed by atoms with E-state index >= 15 is 0 Å². The molecule has 0 spiro atoms. The van der Waals surface area contributed by atoms with Gasteiger partial charge in [0.1, 0.15) is 18.3 Å². The van der Waals surface area contributed by atoms with Gasteiger partial charge in [0.25, 0.3) is 5.56 Å². The van der Waals surface area contributed by atoms with Gasteiger partial charge in [0.15, 0.2) is 6.23 Å². The Balaban J connectivity index is 2.23. The molecule has 0 radical (unpaired) electrons. The molecule has 1 saturated heterocycles. The minimum absolute atomic E-state index is 0.0926. The zero-order chi connectivity index (χ0) is 20.4. The summed E-state index contributed by atoms with van der Waals surface area (Å²) in [5.41, 5.74) is -1.23. The molecule has 0 bridgehead atoms. The van der Waals surface area contributed by atoms with Crippen LogP contribution in [-0.2, 0) is 18.3 Å². The summed E-state index contributed by atoms with van der Waals surface area (Å²) in [6.07, 6.45) is -6.60. The van der Waals surface area contributed by atoms with E-state index in [-0.39, 0.29) is 18.8 Å². The second-order valence-corrected chi connectivity index (χ2v) is 8.25. The molecule has 2 heterocycles. The topological polar surface area (TPSA) is 160 Å². The summed E-state index contributed by atoms with van der Waals surface area (Å²) in [6, 6.07) is 0. The molecule has 1 fully saturated rings. The van der Waals surface area contributed by atoms with E-state index < -0.39 is 55.7 Å². The fraction of sp³-hybridized carbons (Fsp3) is 0.733. The molecular weight excluding hydrogens is 383 g/mol. The summed E-state index contributed by atoms with van der Waals surface area (Å²) < 4.78 is 29.1. The lowest BCUT2D eigenvalue weighted by Crippen LogP contribution is -2.41. The number of aliphatic hydroxyl groups is 3. The first-order valence-corrected chi connectivity index (χ1v) is 10.3. The molecule has 2 rings (SSSR count). The van der Waals surface area contributed by atoms with Crippen LogP contribution in [0.5, 0.6) is 0 Å². The summed E-state index contributed by atoms with van der Waals surface area (Å²) in [5.74, 6) is 0. The third-order valence-corrected chi connectivity index (χ3v) is 6.26. The van der Waals surface area contributed by atoms with E-state index in [1.165, 1.54) is 13.1 Å². The first kappa shape index (κ1) is 22.0. The molecule has 0 aromatic carbocycles. The largest absolute Gasteiger partial charge is 0.390 e. The van der Waals surface area contributed by atoms with Gasteiger partial charge in [-0.05, 0) is 20.8 Å². The number of rotatable bonds is 8. The van der Waals surface area contributed by atoms with Gasteiger partial charge in [-0.3, -0.25) is 18.9 Å². The Morgan fingerprint density at radius 1 is 1.26 bits per heavy atom. The normalized spacial score (nSPS) is 27.0. The average molecular weight is 408 g/mol. The molecule has 154 valence electrons. The molecule has 4 N–H and O–H groups in total. The number of aliphatic hydroxyl groups excluding tert-OH is 3. The van der Waals surface area contributed by atoms with Crippen LogP contribution >= 0.6 is 7.60 Å². The Morgan fingerprint density at radius 2 is 1.85 bits per heavy atom. The van der Waals surface area contributed by atoms with E-state index in [0.717, 1.165) is 4.57 Å². The number of aromatic amines is 1. The van der Waals surface area contributed by atoms with Crippen molar-refractivity contribution < 1.29 is 33.7 Å². The maximum atomic E-state index is 12.6. The van der Waals surface area contributed by atoms with Crippen LogP contribution in [0.25, 0.3) is 0 Å². The van der Waals surface area contributed by atoms with E-state index in [4.69, 9.17) is 13.8 Å². The molecule has 0 unspecified atom stereocenters. The number of aryl methyl sites for hydroxylation is 1. The highest BCUT2D eigenvalue weighted by Crippen LogP contribution is 2.49. The lowest BCUT2D eigenvalue weighted by atomic mass is 10.1. The Morgan fingerprint density at radius 3 is 2.41 bits per heavy atom. The predicted molar refractivity (Wildman–Crippen MR) is 93.7 cm³/mol. The van der Waals surface area contributed by atoms with E-state index in [1.807, 2.05) is 0 Å². The van der Waals surface area contributed by atoms with Crippen molar-refractivity contribution >= 4 is 7.60 Å². The van der Waals surface area contributed by atoms with Crippen LogP contribution in [0.3, 0.4) is 0 Å². The molecule has 12 heteroatoms. The van der Waals surface area contributed by atoms with Gasteiger partial charge < -0.3 is 29.1 Å². The molecule has 27 heavy (non-hydrogen) atoms. The van der Waals surface area contributed by atoms with E-state index in [2.05, 4.69) is 4.98 Å². The molecule has 0 saturated carbocycles. The molecular formula is C15H25N2O9P. The molecule has 1 aromatic heterocycles. The maximum Gasteiger partial charge on any atom is 0.333 e. The number of aromatic nitrogens is 2. The smallest absolute Gasteiger partial charge is 0.333 e. The SMILES string of the molecule is CCOP(=O)(C[C@@H](O)[C@H]1O[C@@H](n2cc(C)c(=O)[nH]c2=O)[C@H](O)[C@@H]1O)OCC. The van der Waals surface area contributed by atoms with E-state index in [0.29, 0.717) is 0 Å². The van der Waals surface area contributed by atoms with Crippen molar-refractivity contribution in [2.24, 2.45) is 0 Å². The van der Waals surface area contributed by atoms with Crippen molar-refractivity contribution in [1.29, 1.82) is 0 Å². The minimum atomic E-state index is -3.63. The van der Waals surface area contributed by atoms with Gasteiger partial charge >= 0.3 is 13.3 Å². The van der Waals surface area contributed by atoms with Crippen molar-refractivity contribution in [1.82, 2.24) is 9.55 Å². The quantitative estimate of drug-likeness (QED) is 0.399. The van der Waals surface area contributed by atoms with Gasteiger partial charge in [0.2, 0.25) is 0 Å².